The third kappa shape index (κ3) is 5.00. The van der Waals surface area contributed by atoms with E-state index in [1.807, 2.05) is 0 Å². The van der Waals surface area contributed by atoms with Crippen LogP contribution in [0.15, 0.2) is 206 Å². The standard InChI is InChI=1S/C52H34/c1-3-17-36(18-4-1)42-28-15-29-43(37-19-5-2-6-20-37)51(42)52-46-26-13-11-24-44(46)50(45-25-12-14-27-47(45)52)49-34-40-23-10-9-22-39(40)33-48(49)41-31-30-35-16-7-8-21-38(35)32-41/h1-34H. The summed E-state index contributed by atoms with van der Waals surface area (Å²) in [6, 6.07) is 75.7. The lowest BCUT2D eigenvalue weighted by atomic mass is 9.79. The lowest BCUT2D eigenvalue weighted by Gasteiger charge is -2.23. The fraction of sp³-hybridized carbons (Fsp3) is 0. The van der Waals surface area contributed by atoms with Crippen LogP contribution in [0.25, 0.3) is 98.7 Å². The van der Waals surface area contributed by atoms with Gasteiger partial charge < -0.3 is 0 Å². The largest absolute Gasteiger partial charge is 0.0622 e. The van der Waals surface area contributed by atoms with E-state index in [2.05, 4.69) is 206 Å². The quantitative estimate of drug-likeness (QED) is 0.161. The summed E-state index contributed by atoms with van der Waals surface area (Å²) in [5.41, 5.74) is 12.4. The third-order valence-electron chi connectivity index (χ3n) is 10.6. The molecule has 10 aromatic carbocycles. The molecule has 0 bridgehead atoms. The smallest absolute Gasteiger partial charge is 0.00139 e. The van der Waals surface area contributed by atoms with E-state index in [9.17, 15) is 0 Å². The molecule has 0 aliphatic carbocycles. The second-order valence-electron chi connectivity index (χ2n) is 13.6. The molecule has 10 rings (SSSR count). The SMILES string of the molecule is c1ccc(-c2cccc(-c3ccccc3)c2-c2c3ccccc3c(-c3cc4ccccc4cc3-c3ccc4ccccc4c3)c3ccccc23)cc1. The maximum atomic E-state index is 2.42. The lowest BCUT2D eigenvalue weighted by molar-refractivity contribution is 1.58. The predicted octanol–water partition coefficient (Wildman–Crippen LogP) is 14.6. The molecule has 52 heavy (non-hydrogen) atoms. The van der Waals surface area contributed by atoms with Crippen molar-refractivity contribution in [1.82, 2.24) is 0 Å². The average molecular weight is 659 g/mol. The van der Waals surface area contributed by atoms with E-state index in [0.29, 0.717) is 0 Å². The molecule has 0 N–H and O–H groups in total. The van der Waals surface area contributed by atoms with Gasteiger partial charge in [-0.15, -0.1) is 0 Å². The molecule has 0 fully saturated rings. The van der Waals surface area contributed by atoms with Crippen LogP contribution in [-0.4, -0.2) is 0 Å². The minimum absolute atomic E-state index is 1.21. The summed E-state index contributed by atoms with van der Waals surface area (Å²) >= 11 is 0. The van der Waals surface area contributed by atoms with E-state index >= 15 is 0 Å². The van der Waals surface area contributed by atoms with Gasteiger partial charge in [-0.2, -0.15) is 0 Å². The van der Waals surface area contributed by atoms with Gasteiger partial charge in [-0.3, -0.25) is 0 Å². The van der Waals surface area contributed by atoms with Crippen molar-refractivity contribution in [1.29, 1.82) is 0 Å². The zero-order valence-corrected chi connectivity index (χ0v) is 28.6. The molecule has 0 saturated heterocycles. The van der Waals surface area contributed by atoms with E-state index in [0.717, 1.165) is 0 Å². The average Bonchev–Trinajstić information content (AvgIpc) is 3.22. The summed E-state index contributed by atoms with van der Waals surface area (Å²) in [5, 5.41) is 9.95. The number of rotatable bonds is 5. The molecule has 0 saturated carbocycles. The minimum Gasteiger partial charge on any atom is -0.0622 e. The number of hydrogen-bond donors (Lipinski definition) is 0. The highest BCUT2D eigenvalue weighted by atomic mass is 14.3. The van der Waals surface area contributed by atoms with Crippen LogP contribution in [0.5, 0.6) is 0 Å². The lowest BCUT2D eigenvalue weighted by Crippen LogP contribution is -1.96. The first-order valence-electron chi connectivity index (χ1n) is 18.0. The molecule has 0 atom stereocenters. The van der Waals surface area contributed by atoms with Crippen LogP contribution in [0.3, 0.4) is 0 Å². The van der Waals surface area contributed by atoms with Crippen molar-refractivity contribution >= 4 is 43.1 Å². The molecule has 0 nitrogen and oxygen atoms in total. The topological polar surface area (TPSA) is 0 Å². The summed E-state index contributed by atoms with van der Waals surface area (Å²) in [6.07, 6.45) is 0. The second kappa shape index (κ2) is 12.5. The Bertz CT molecular complexity index is 2820. The van der Waals surface area contributed by atoms with Crippen LogP contribution in [0.2, 0.25) is 0 Å². The van der Waals surface area contributed by atoms with Crippen molar-refractivity contribution in [2.24, 2.45) is 0 Å². The van der Waals surface area contributed by atoms with Gasteiger partial charge in [0.25, 0.3) is 0 Å². The van der Waals surface area contributed by atoms with Gasteiger partial charge in [0.05, 0.1) is 0 Å². The van der Waals surface area contributed by atoms with Crippen molar-refractivity contribution in [3.63, 3.8) is 0 Å². The molecule has 0 aromatic heterocycles. The zero-order valence-electron chi connectivity index (χ0n) is 28.6. The fourth-order valence-corrected chi connectivity index (χ4v) is 8.27. The van der Waals surface area contributed by atoms with Gasteiger partial charge in [-0.25, -0.2) is 0 Å². The monoisotopic (exact) mass is 658 g/mol. The van der Waals surface area contributed by atoms with Crippen LogP contribution in [0.1, 0.15) is 0 Å². The van der Waals surface area contributed by atoms with Crippen molar-refractivity contribution in [2.45, 2.75) is 0 Å². The molecule has 0 spiro atoms. The van der Waals surface area contributed by atoms with Gasteiger partial charge >= 0.3 is 0 Å². The van der Waals surface area contributed by atoms with E-state index < -0.39 is 0 Å². The predicted molar refractivity (Wildman–Crippen MR) is 224 cm³/mol. The molecule has 0 aliphatic heterocycles. The first-order valence-corrected chi connectivity index (χ1v) is 18.0. The second-order valence-corrected chi connectivity index (χ2v) is 13.6. The highest BCUT2D eigenvalue weighted by Crippen LogP contribution is 2.50. The van der Waals surface area contributed by atoms with Crippen molar-refractivity contribution < 1.29 is 0 Å². The Kier molecular flexibility index (Phi) is 7.25. The molecular weight excluding hydrogens is 625 g/mol. The molecule has 0 radical (unpaired) electrons. The van der Waals surface area contributed by atoms with Crippen molar-refractivity contribution in [2.75, 3.05) is 0 Å². The number of fused-ring (bicyclic) bond motifs is 4. The molecular formula is C52H34. The van der Waals surface area contributed by atoms with E-state index in [4.69, 9.17) is 0 Å². The summed E-state index contributed by atoms with van der Waals surface area (Å²) < 4.78 is 0. The van der Waals surface area contributed by atoms with Crippen LogP contribution in [0, 0.1) is 0 Å². The van der Waals surface area contributed by atoms with E-state index in [-0.39, 0.29) is 0 Å². The van der Waals surface area contributed by atoms with Gasteiger partial charge in [0.1, 0.15) is 0 Å². The minimum atomic E-state index is 1.21. The fourth-order valence-electron chi connectivity index (χ4n) is 8.27. The molecule has 0 unspecified atom stereocenters. The number of benzene rings is 10. The maximum Gasteiger partial charge on any atom is -0.00139 e. The third-order valence-corrected chi connectivity index (χ3v) is 10.6. The summed E-state index contributed by atoms with van der Waals surface area (Å²) in [7, 11) is 0. The molecule has 0 heterocycles. The highest BCUT2D eigenvalue weighted by Gasteiger charge is 2.23. The van der Waals surface area contributed by atoms with Gasteiger partial charge in [-0.1, -0.05) is 188 Å². The van der Waals surface area contributed by atoms with Gasteiger partial charge in [-0.05, 0) is 117 Å². The Labute approximate surface area is 303 Å². The number of hydrogen-bond acceptors (Lipinski definition) is 0. The Morgan fingerprint density at radius 2 is 0.615 bits per heavy atom. The molecule has 0 aliphatic rings. The van der Waals surface area contributed by atoms with E-state index in [1.54, 1.807) is 0 Å². The first kappa shape index (κ1) is 30.1. The molecule has 242 valence electrons. The van der Waals surface area contributed by atoms with Crippen molar-refractivity contribution in [3.8, 4) is 55.6 Å². The van der Waals surface area contributed by atoms with Crippen LogP contribution < -0.4 is 0 Å². The van der Waals surface area contributed by atoms with Crippen LogP contribution in [-0.2, 0) is 0 Å². The first-order chi connectivity index (χ1) is 25.8. The Balaban J connectivity index is 1.35. The molecule has 0 amide bonds. The Morgan fingerprint density at radius 3 is 1.15 bits per heavy atom. The Hall–Kier alpha value is -6.76. The Morgan fingerprint density at radius 1 is 0.192 bits per heavy atom. The van der Waals surface area contributed by atoms with Gasteiger partial charge in [0, 0.05) is 0 Å². The highest BCUT2D eigenvalue weighted by molar-refractivity contribution is 6.25. The van der Waals surface area contributed by atoms with E-state index in [1.165, 1.54) is 98.7 Å². The maximum absolute atomic E-state index is 2.42. The normalized spacial score (nSPS) is 11.5. The van der Waals surface area contributed by atoms with Crippen molar-refractivity contribution in [3.05, 3.63) is 206 Å². The van der Waals surface area contributed by atoms with Crippen LogP contribution in [0.4, 0.5) is 0 Å². The summed E-state index contributed by atoms with van der Waals surface area (Å²) in [6.45, 7) is 0. The van der Waals surface area contributed by atoms with Gasteiger partial charge in [0.2, 0.25) is 0 Å². The van der Waals surface area contributed by atoms with Gasteiger partial charge in [0.15, 0.2) is 0 Å². The zero-order chi connectivity index (χ0) is 34.4. The van der Waals surface area contributed by atoms with Crippen LogP contribution >= 0.6 is 0 Å². The summed E-state index contributed by atoms with van der Waals surface area (Å²) in [4.78, 5) is 0. The summed E-state index contributed by atoms with van der Waals surface area (Å²) in [5.74, 6) is 0. The molecule has 10 aromatic rings. The molecule has 0 heteroatoms.